The first kappa shape index (κ1) is 52.2. The molecule has 352 valence electrons. The zero-order valence-electron chi connectivity index (χ0n) is 39.9. The molecule has 0 unspecified atom stereocenters. The van der Waals surface area contributed by atoms with E-state index < -0.39 is 14.8 Å². The fourth-order valence-electron chi connectivity index (χ4n) is 8.45. The van der Waals surface area contributed by atoms with Gasteiger partial charge in [-0.2, -0.15) is 10.2 Å². The van der Waals surface area contributed by atoms with Gasteiger partial charge in [0, 0.05) is 49.9 Å². The Balaban J connectivity index is 0.000000203. The summed E-state index contributed by atoms with van der Waals surface area (Å²) in [7, 11) is 0. The molecule has 0 saturated heterocycles. The van der Waals surface area contributed by atoms with Gasteiger partial charge in [-0.3, -0.25) is 74.6 Å². The van der Waals surface area contributed by atoms with Crippen molar-refractivity contribution < 1.29 is 50.5 Å². The van der Waals surface area contributed by atoms with Gasteiger partial charge in [0.25, 0.3) is 5.70 Å². The first-order valence-electron chi connectivity index (χ1n) is 22.7. The quantitative estimate of drug-likeness (QED) is 0.0863. The third-order valence-electron chi connectivity index (χ3n) is 12.3. The molecule has 0 amide bonds. The molecule has 3 fully saturated rings. The van der Waals surface area contributed by atoms with Crippen molar-refractivity contribution in [1.29, 1.82) is 0 Å². The van der Waals surface area contributed by atoms with Crippen LogP contribution in [-0.2, 0) is 4.74 Å². The van der Waals surface area contributed by atoms with Gasteiger partial charge in [-0.25, -0.2) is 0 Å². The summed E-state index contributed by atoms with van der Waals surface area (Å²) in [6.07, 6.45) is 32.6. The van der Waals surface area contributed by atoms with E-state index in [9.17, 15) is 30.3 Å². The van der Waals surface area contributed by atoms with Crippen LogP contribution in [0.4, 0.5) is 11.4 Å². The van der Waals surface area contributed by atoms with Crippen LogP contribution < -0.4 is 29.6 Å². The molecule has 5 aromatic rings. The molecule has 22 heteroatoms. The zero-order chi connectivity index (χ0) is 47.0. The van der Waals surface area contributed by atoms with Crippen molar-refractivity contribution in [2.45, 2.75) is 123 Å². The van der Waals surface area contributed by atoms with Crippen LogP contribution in [0.5, 0.6) is 0 Å². The third-order valence-corrected chi connectivity index (χ3v) is 12.3. The molecule has 3 aliphatic carbocycles. The van der Waals surface area contributed by atoms with Crippen molar-refractivity contribution in [2.75, 3.05) is 13.2 Å². The molecule has 0 atom stereocenters. The predicted octanol–water partition coefficient (Wildman–Crippen LogP) is 6.16. The van der Waals surface area contributed by atoms with Crippen LogP contribution in [0.15, 0.2) is 84.9 Å². The smallest absolute Gasteiger partial charge is 1.00 e. The van der Waals surface area contributed by atoms with Crippen molar-refractivity contribution in [2.24, 2.45) is 22.7 Å². The van der Waals surface area contributed by atoms with Gasteiger partial charge in [-0.1, -0.05) is 20.8 Å². The first-order chi connectivity index (χ1) is 31.9. The number of aliphatic imine (C=N–C) groups is 1. The molecule has 9 rings (SSSR count). The summed E-state index contributed by atoms with van der Waals surface area (Å²) in [5.74, 6) is 2.40. The molecular weight excluding hydrogens is 872 g/mol. The summed E-state index contributed by atoms with van der Waals surface area (Å²) in [6, 6.07) is 0.482. The number of hydrogen-bond donors (Lipinski definition) is 0. The topological polar surface area (TPSA) is 264 Å². The van der Waals surface area contributed by atoms with Crippen molar-refractivity contribution in [3.8, 4) is 22.8 Å². The van der Waals surface area contributed by atoms with Crippen molar-refractivity contribution in [3.63, 3.8) is 0 Å². The van der Waals surface area contributed by atoms with Crippen LogP contribution in [0.1, 0.15) is 124 Å². The summed E-state index contributed by atoms with van der Waals surface area (Å²) < 4.78 is 9.02. The minimum atomic E-state index is -0.458. The maximum Gasteiger partial charge on any atom is 1.00 e. The number of nitrogens with zero attached hydrogens (tertiary/aromatic N) is 14. The molecule has 0 aromatic carbocycles. The summed E-state index contributed by atoms with van der Waals surface area (Å²) in [4.78, 5) is 59.8. The minimum absolute atomic E-state index is 0. The standard InChI is InChI=1S/2C14H17N5O2.C9H18O.C8H6N4O2.Na.H/c2*1-10-2-4-11(5-3-10)18-9-13(19(20)21)14(17-18)12-8-15-6-7-16-12;1-3-10-9-6-4-8(2)5-7-9;13-12(14)7-1-2-11-8(7)6-5-9-3-4-10-6;;/h2*6-11H,2-5H2,1H3;8-9H,3-7H2,1-2H3;1,3-5H,2H2;;/q;;;;+1;-1. The molecule has 5 aromatic heterocycles. The number of ether oxygens (including phenoxy) is 1. The number of hydrogen-bond acceptors (Lipinski definition) is 16. The van der Waals surface area contributed by atoms with E-state index in [2.05, 4.69) is 72.8 Å². The van der Waals surface area contributed by atoms with Crippen LogP contribution >= 0.6 is 0 Å². The maximum absolute atomic E-state index is 11.2. The van der Waals surface area contributed by atoms with Crippen LogP contribution in [0.3, 0.4) is 0 Å². The Labute approximate surface area is 412 Å². The van der Waals surface area contributed by atoms with Gasteiger partial charge >= 0.3 is 40.9 Å². The molecule has 21 nitrogen and oxygen atoms in total. The predicted molar refractivity (Wildman–Crippen MR) is 246 cm³/mol. The van der Waals surface area contributed by atoms with Gasteiger partial charge in [0.05, 0.1) is 58.1 Å². The third kappa shape index (κ3) is 14.9. The van der Waals surface area contributed by atoms with Gasteiger partial charge in [0.15, 0.2) is 17.1 Å². The molecule has 0 bridgehead atoms. The number of aromatic nitrogens is 10. The fourth-order valence-corrected chi connectivity index (χ4v) is 8.45. The molecule has 0 N–H and O–H groups in total. The Morgan fingerprint density at radius 1 is 0.597 bits per heavy atom. The van der Waals surface area contributed by atoms with E-state index in [1.807, 2.05) is 0 Å². The van der Waals surface area contributed by atoms with Gasteiger partial charge in [-0.15, -0.1) is 0 Å². The SMILES string of the molecule is CC1CCC(n2cc([N+](=O)[O-])c(-c3cnccn3)n2)CC1.CC1CCC(n2cc([N+](=O)[O-])c(-c3cnccn3)n2)CC1.CCOC1CCC(C)CC1.O=[N+]([O-])C1=CCN=C1c1cnccn1.[H-].[Na+]. The molecule has 3 saturated carbocycles. The number of rotatable bonds is 10. The minimum Gasteiger partial charge on any atom is -1.00 e. The van der Waals surface area contributed by atoms with Crippen LogP contribution in [-0.4, -0.2) is 89.2 Å². The monoisotopic (exact) mass is 930 g/mol. The van der Waals surface area contributed by atoms with E-state index in [1.54, 1.807) is 9.36 Å². The number of nitro groups is 3. The summed E-state index contributed by atoms with van der Waals surface area (Å²) in [5.41, 5.74) is 2.21. The summed E-state index contributed by atoms with van der Waals surface area (Å²) in [6.45, 7) is 10.1. The molecule has 67 heavy (non-hydrogen) atoms. The van der Waals surface area contributed by atoms with Crippen molar-refractivity contribution in [1.82, 2.24) is 49.5 Å². The second-order valence-electron chi connectivity index (χ2n) is 17.2. The Hall–Kier alpha value is -5.77. The zero-order valence-corrected chi connectivity index (χ0v) is 40.9. The van der Waals surface area contributed by atoms with E-state index >= 15 is 0 Å². The van der Waals surface area contributed by atoms with Gasteiger partial charge in [0.2, 0.25) is 0 Å². The van der Waals surface area contributed by atoms with Gasteiger partial charge in [0.1, 0.15) is 29.5 Å². The first-order valence-corrected chi connectivity index (χ1v) is 22.7. The average molecular weight is 931 g/mol. The normalized spacial score (nSPS) is 22.1. The molecule has 0 radical (unpaired) electrons. The summed E-state index contributed by atoms with van der Waals surface area (Å²) in [5, 5.41) is 41.9. The average Bonchev–Trinajstić information content (AvgIpc) is 4.13. The Kier molecular flexibility index (Phi) is 20.2. The Morgan fingerprint density at radius 2 is 1.00 bits per heavy atom. The molecule has 4 aliphatic rings. The fraction of sp³-hybridized carbons (Fsp3) is 0.533. The van der Waals surface area contributed by atoms with Gasteiger partial charge < -0.3 is 6.16 Å². The van der Waals surface area contributed by atoms with Crippen molar-refractivity contribution >= 4 is 17.1 Å². The number of allylic oxidation sites excluding steroid dienone is 1. The van der Waals surface area contributed by atoms with E-state index in [0.29, 0.717) is 46.8 Å². The largest absolute Gasteiger partial charge is 1.00 e. The molecule has 6 heterocycles. The molecule has 0 spiro atoms. The van der Waals surface area contributed by atoms with E-state index in [-0.39, 0.29) is 60.1 Å². The van der Waals surface area contributed by atoms with Crippen molar-refractivity contribution in [3.05, 3.63) is 116 Å². The van der Waals surface area contributed by atoms with Crippen LogP contribution in [0.25, 0.3) is 22.8 Å². The second kappa shape index (κ2) is 26.0. The Bertz CT molecular complexity index is 2290. The maximum atomic E-state index is 11.2. The van der Waals surface area contributed by atoms with E-state index in [1.165, 1.54) is 99.9 Å². The molecular formula is C45H59N14NaO7. The summed E-state index contributed by atoms with van der Waals surface area (Å²) >= 11 is 0. The second-order valence-corrected chi connectivity index (χ2v) is 17.2. The molecule has 1 aliphatic heterocycles. The Morgan fingerprint density at radius 3 is 1.36 bits per heavy atom. The van der Waals surface area contributed by atoms with Gasteiger partial charge in [-0.05, 0) is 102 Å². The van der Waals surface area contributed by atoms with E-state index in [4.69, 9.17) is 4.74 Å². The van der Waals surface area contributed by atoms with Crippen LogP contribution in [0.2, 0.25) is 0 Å². The van der Waals surface area contributed by atoms with E-state index in [0.717, 1.165) is 75.7 Å². The van der Waals surface area contributed by atoms with Crippen LogP contribution in [0, 0.1) is 48.1 Å².